The van der Waals surface area contributed by atoms with Gasteiger partial charge in [-0.15, -0.1) is 11.3 Å². The standard InChI is InChI=1S/C22H26N4O3S2/c1-5-6-9-23-21(29)24-17(27)12-31-22-25-19-18(20(28)26(22)4)16(11-30-19)15-8-7-13(2)14(3)10-15/h7-8,10-11H,5-6,9,12H2,1-4H3,(H2,23,24,27,29). The summed E-state index contributed by atoms with van der Waals surface area (Å²) in [5, 5.41) is 7.90. The number of urea groups is 1. The molecule has 0 bridgehead atoms. The fourth-order valence-electron chi connectivity index (χ4n) is 3.02. The Bertz CT molecular complexity index is 1180. The SMILES string of the molecule is CCCCNC(=O)NC(=O)CSc1nc2scc(-c3ccc(C)c(C)c3)c2c(=O)n1C. The lowest BCUT2D eigenvalue weighted by atomic mass is 10.0. The number of fused-ring (bicyclic) bond motifs is 1. The molecule has 0 spiro atoms. The minimum atomic E-state index is -0.507. The van der Waals surface area contributed by atoms with Gasteiger partial charge >= 0.3 is 6.03 Å². The Balaban J connectivity index is 1.77. The second-order valence-corrected chi connectivity index (χ2v) is 9.13. The number of rotatable bonds is 7. The topological polar surface area (TPSA) is 93.1 Å². The van der Waals surface area contributed by atoms with Gasteiger partial charge in [0, 0.05) is 24.5 Å². The van der Waals surface area contributed by atoms with E-state index in [1.165, 1.54) is 27.0 Å². The molecule has 0 saturated carbocycles. The number of imide groups is 1. The van der Waals surface area contributed by atoms with E-state index in [-0.39, 0.29) is 11.3 Å². The van der Waals surface area contributed by atoms with Crippen LogP contribution in [0.3, 0.4) is 0 Å². The van der Waals surface area contributed by atoms with Crippen molar-refractivity contribution in [1.29, 1.82) is 0 Å². The van der Waals surface area contributed by atoms with E-state index in [0.717, 1.165) is 35.7 Å². The molecular weight excluding hydrogens is 432 g/mol. The van der Waals surface area contributed by atoms with E-state index in [9.17, 15) is 14.4 Å². The van der Waals surface area contributed by atoms with E-state index in [1.54, 1.807) is 7.05 Å². The lowest BCUT2D eigenvalue weighted by Gasteiger charge is -2.09. The van der Waals surface area contributed by atoms with Crippen molar-refractivity contribution >= 4 is 45.3 Å². The Morgan fingerprint density at radius 2 is 2.00 bits per heavy atom. The van der Waals surface area contributed by atoms with Gasteiger partial charge in [0.15, 0.2) is 5.16 Å². The summed E-state index contributed by atoms with van der Waals surface area (Å²) >= 11 is 2.54. The molecule has 31 heavy (non-hydrogen) atoms. The molecule has 1 aromatic carbocycles. The van der Waals surface area contributed by atoms with Crippen molar-refractivity contribution < 1.29 is 9.59 Å². The highest BCUT2D eigenvalue weighted by Crippen LogP contribution is 2.32. The molecule has 0 atom stereocenters. The minimum absolute atomic E-state index is 0.0115. The highest BCUT2D eigenvalue weighted by Gasteiger charge is 2.17. The molecule has 3 amide bonds. The Morgan fingerprint density at radius 3 is 2.71 bits per heavy atom. The van der Waals surface area contributed by atoms with Crippen molar-refractivity contribution in [3.8, 4) is 11.1 Å². The zero-order chi connectivity index (χ0) is 22.5. The van der Waals surface area contributed by atoms with Crippen LogP contribution in [-0.2, 0) is 11.8 Å². The predicted molar refractivity (Wildman–Crippen MR) is 127 cm³/mol. The Labute approximate surface area is 189 Å². The normalized spacial score (nSPS) is 11.0. The monoisotopic (exact) mass is 458 g/mol. The number of nitrogens with one attached hydrogen (secondary N) is 2. The van der Waals surface area contributed by atoms with Crippen LogP contribution in [0.25, 0.3) is 21.3 Å². The van der Waals surface area contributed by atoms with E-state index < -0.39 is 11.9 Å². The van der Waals surface area contributed by atoms with Crippen molar-refractivity contribution in [3.05, 3.63) is 45.1 Å². The summed E-state index contributed by atoms with van der Waals surface area (Å²) in [6, 6.07) is 5.64. The number of hydrogen-bond donors (Lipinski definition) is 2. The third-order valence-electron chi connectivity index (χ3n) is 4.99. The van der Waals surface area contributed by atoms with Crippen LogP contribution in [0.5, 0.6) is 0 Å². The molecule has 0 aliphatic carbocycles. The maximum Gasteiger partial charge on any atom is 0.321 e. The van der Waals surface area contributed by atoms with Crippen molar-refractivity contribution in [2.75, 3.05) is 12.3 Å². The van der Waals surface area contributed by atoms with Crippen LogP contribution >= 0.6 is 23.1 Å². The molecule has 0 saturated heterocycles. The third-order valence-corrected chi connectivity index (χ3v) is 6.90. The van der Waals surface area contributed by atoms with Crippen LogP contribution in [0.4, 0.5) is 4.79 Å². The summed E-state index contributed by atoms with van der Waals surface area (Å²) in [4.78, 5) is 42.1. The van der Waals surface area contributed by atoms with Gasteiger partial charge in [0.05, 0.1) is 11.1 Å². The summed E-state index contributed by atoms with van der Waals surface area (Å²) < 4.78 is 1.46. The maximum absolute atomic E-state index is 13.1. The number of nitrogens with zero attached hydrogens (tertiary/aromatic N) is 2. The molecular formula is C22H26N4O3S2. The summed E-state index contributed by atoms with van der Waals surface area (Å²) in [6.45, 7) is 6.65. The largest absolute Gasteiger partial charge is 0.338 e. The smallest absolute Gasteiger partial charge is 0.321 e. The Morgan fingerprint density at radius 1 is 1.23 bits per heavy atom. The number of thiophene rings is 1. The number of amides is 3. The first-order valence-corrected chi connectivity index (χ1v) is 11.9. The number of carbonyl (C=O) groups is 2. The van der Waals surface area contributed by atoms with Crippen molar-refractivity contribution in [2.24, 2.45) is 7.05 Å². The van der Waals surface area contributed by atoms with Crippen LogP contribution in [0, 0.1) is 13.8 Å². The molecule has 2 aromatic heterocycles. The summed E-state index contributed by atoms with van der Waals surface area (Å²) in [7, 11) is 1.65. The number of carbonyl (C=O) groups excluding carboxylic acids is 2. The maximum atomic E-state index is 13.1. The van der Waals surface area contributed by atoms with E-state index in [1.807, 2.05) is 31.4 Å². The molecule has 9 heteroatoms. The molecule has 3 aromatic rings. The molecule has 0 radical (unpaired) electrons. The number of hydrogen-bond acceptors (Lipinski definition) is 6. The quantitative estimate of drug-likeness (QED) is 0.317. The van der Waals surface area contributed by atoms with Crippen molar-refractivity contribution in [1.82, 2.24) is 20.2 Å². The van der Waals surface area contributed by atoms with Crippen LogP contribution in [0.15, 0.2) is 33.5 Å². The molecule has 0 aliphatic rings. The van der Waals surface area contributed by atoms with E-state index >= 15 is 0 Å². The average Bonchev–Trinajstić information content (AvgIpc) is 3.16. The summed E-state index contributed by atoms with van der Waals surface area (Å²) in [5.74, 6) is -0.446. The highest BCUT2D eigenvalue weighted by atomic mass is 32.2. The lowest BCUT2D eigenvalue weighted by Crippen LogP contribution is -2.40. The van der Waals surface area contributed by atoms with Crippen LogP contribution in [0.2, 0.25) is 0 Å². The fraction of sp³-hybridized carbons (Fsp3) is 0.364. The lowest BCUT2D eigenvalue weighted by molar-refractivity contribution is -0.117. The van der Waals surface area contributed by atoms with Gasteiger partial charge in [0.2, 0.25) is 5.91 Å². The number of aromatic nitrogens is 2. The van der Waals surface area contributed by atoms with Gasteiger partial charge in [-0.3, -0.25) is 19.5 Å². The van der Waals surface area contributed by atoms with Gasteiger partial charge < -0.3 is 5.32 Å². The predicted octanol–water partition coefficient (Wildman–Crippen LogP) is 4.00. The molecule has 3 rings (SSSR count). The molecule has 0 aliphatic heterocycles. The number of benzene rings is 1. The summed E-state index contributed by atoms with van der Waals surface area (Å²) in [6.07, 6.45) is 1.81. The molecule has 0 unspecified atom stereocenters. The first kappa shape index (κ1) is 23.0. The van der Waals surface area contributed by atoms with Gasteiger partial charge in [-0.05, 0) is 37.0 Å². The van der Waals surface area contributed by atoms with Gasteiger partial charge in [-0.2, -0.15) is 0 Å². The van der Waals surface area contributed by atoms with E-state index in [0.29, 0.717) is 21.9 Å². The van der Waals surface area contributed by atoms with E-state index in [4.69, 9.17) is 0 Å². The third kappa shape index (κ3) is 5.34. The van der Waals surface area contributed by atoms with Crippen LogP contribution in [-0.4, -0.2) is 33.8 Å². The number of aryl methyl sites for hydroxylation is 2. The van der Waals surface area contributed by atoms with Crippen molar-refractivity contribution in [3.63, 3.8) is 0 Å². The van der Waals surface area contributed by atoms with Gasteiger partial charge in [0.25, 0.3) is 5.56 Å². The second-order valence-electron chi connectivity index (χ2n) is 7.33. The second kappa shape index (κ2) is 10.1. The fourth-order valence-corrected chi connectivity index (χ4v) is 4.78. The van der Waals surface area contributed by atoms with Gasteiger partial charge in [0.1, 0.15) is 4.83 Å². The molecule has 0 fully saturated rings. The zero-order valence-corrected chi connectivity index (χ0v) is 19.7. The number of thioether (sulfide) groups is 1. The average molecular weight is 459 g/mol. The van der Waals surface area contributed by atoms with Crippen LogP contribution < -0.4 is 16.2 Å². The molecule has 164 valence electrons. The van der Waals surface area contributed by atoms with E-state index in [2.05, 4.69) is 28.6 Å². The minimum Gasteiger partial charge on any atom is -0.338 e. The summed E-state index contributed by atoms with van der Waals surface area (Å²) in [5.41, 5.74) is 4.07. The Kier molecular flexibility index (Phi) is 7.50. The zero-order valence-electron chi connectivity index (χ0n) is 18.1. The Hall–Kier alpha value is -2.65. The number of unbranched alkanes of at least 4 members (excludes halogenated alkanes) is 1. The molecule has 7 nitrogen and oxygen atoms in total. The highest BCUT2D eigenvalue weighted by molar-refractivity contribution is 7.99. The van der Waals surface area contributed by atoms with Crippen molar-refractivity contribution in [2.45, 2.75) is 38.8 Å². The molecule has 2 heterocycles. The first-order chi connectivity index (χ1) is 14.8. The van der Waals surface area contributed by atoms with Gasteiger partial charge in [-0.25, -0.2) is 9.78 Å². The molecule has 2 N–H and O–H groups in total. The first-order valence-electron chi connectivity index (χ1n) is 10.1. The van der Waals surface area contributed by atoms with Gasteiger partial charge in [-0.1, -0.05) is 43.3 Å². The van der Waals surface area contributed by atoms with Crippen LogP contribution in [0.1, 0.15) is 30.9 Å².